The zero-order valence-electron chi connectivity index (χ0n) is 25.3. The predicted octanol–water partition coefficient (Wildman–Crippen LogP) is 9.84. The van der Waals surface area contributed by atoms with Crippen LogP contribution in [0.5, 0.6) is 23.0 Å². The highest BCUT2D eigenvalue weighted by Gasteiger charge is 2.11. The summed E-state index contributed by atoms with van der Waals surface area (Å²) < 4.78 is 12.5. The third-order valence-corrected chi connectivity index (χ3v) is 7.45. The minimum atomic E-state index is 0.834. The highest BCUT2D eigenvalue weighted by Crippen LogP contribution is 2.32. The molecule has 0 aromatic heterocycles. The molecular weight excluding hydrogens is 504 g/mol. The maximum absolute atomic E-state index is 6.43. The summed E-state index contributed by atoms with van der Waals surface area (Å²) in [4.78, 5) is 0. The first kappa shape index (κ1) is 30.0. The van der Waals surface area contributed by atoms with Crippen LogP contribution in [0.15, 0.2) is 72.8 Å². The van der Waals surface area contributed by atoms with Gasteiger partial charge in [-0.3, -0.25) is 0 Å². The van der Waals surface area contributed by atoms with Gasteiger partial charge in [-0.05, 0) is 114 Å². The van der Waals surface area contributed by atoms with Crippen molar-refractivity contribution in [1.29, 1.82) is 0 Å². The lowest BCUT2D eigenvalue weighted by Crippen LogP contribution is -2.01. The third kappa shape index (κ3) is 8.07. The minimum Gasteiger partial charge on any atom is -0.457 e. The Morgan fingerprint density at radius 2 is 0.732 bits per heavy atom. The van der Waals surface area contributed by atoms with Gasteiger partial charge in [0.05, 0.1) is 0 Å². The molecule has 0 aliphatic heterocycles. The molecule has 4 rings (SSSR count). The molecule has 4 aromatic carbocycles. The number of aryl methyl sites for hydroxylation is 4. The Kier molecular flexibility index (Phi) is 10.7. The van der Waals surface area contributed by atoms with Gasteiger partial charge in [-0.1, -0.05) is 77.6 Å². The van der Waals surface area contributed by atoms with Crippen molar-refractivity contribution in [1.82, 2.24) is 0 Å². The van der Waals surface area contributed by atoms with E-state index in [1.54, 1.807) is 0 Å². The molecule has 4 nitrogen and oxygen atoms in total. The van der Waals surface area contributed by atoms with Gasteiger partial charge in [0.25, 0.3) is 0 Å². The van der Waals surface area contributed by atoms with Crippen molar-refractivity contribution in [2.75, 3.05) is 11.5 Å². The smallest absolute Gasteiger partial charge is 0.128 e. The largest absolute Gasteiger partial charge is 0.457 e. The maximum Gasteiger partial charge on any atom is 0.128 e. The summed E-state index contributed by atoms with van der Waals surface area (Å²) in [6.45, 7) is 8.71. The van der Waals surface area contributed by atoms with Crippen molar-refractivity contribution in [3.8, 4) is 23.0 Å². The Bertz CT molecular complexity index is 1250. The first-order chi connectivity index (χ1) is 19.9. The van der Waals surface area contributed by atoms with Crippen LogP contribution in [0.25, 0.3) is 0 Å². The summed E-state index contributed by atoms with van der Waals surface area (Å²) in [5.74, 6) is 3.39. The Balaban J connectivity index is 1.41. The van der Waals surface area contributed by atoms with E-state index in [9.17, 15) is 0 Å². The van der Waals surface area contributed by atoms with E-state index in [-0.39, 0.29) is 0 Å². The first-order valence-corrected chi connectivity index (χ1v) is 15.3. The fourth-order valence-corrected chi connectivity index (χ4v) is 5.37. The van der Waals surface area contributed by atoms with Crippen molar-refractivity contribution in [2.24, 2.45) is 0 Å². The summed E-state index contributed by atoms with van der Waals surface area (Å²) in [6.07, 6.45) is 8.91. The van der Waals surface area contributed by atoms with E-state index in [1.165, 1.54) is 33.4 Å². The molecule has 0 atom stereocenters. The number of ether oxygens (including phenoxy) is 2. The quantitative estimate of drug-likeness (QED) is 0.153. The van der Waals surface area contributed by atoms with Crippen molar-refractivity contribution in [3.05, 3.63) is 106 Å². The predicted molar refractivity (Wildman–Crippen MR) is 174 cm³/mol. The number of rotatable bonds is 14. The standard InChI is InChI=1S/C37H46N2O2/c1-5-9-28-22-34(23-29(10-6-2)36(28)38)40-32-17-13-26(14-18-32)21-27-15-19-33(20-16-27)41-35-24-30(11-7-3)37(39)31(25-35)12-8-4/h13-20,22-25H,5-12,21,38-39H2,1-4H3. The number of nitrogens with two attached hydrogens (primary N) is 2. The molecule has 41 heavy (non-hydrogen) atoms. The molecule has 0 aliphatic rings. The Morgan fingerprint density at radius 1 is 0.439 bits per heavy atom. The van der Waals surface area contributed by atoms with Crippen molar-refractivity contribution in [3.63, 3.8) is 0 Å². The average Bonchev–Trinajstić information content (AvgIpc) is 2.96. The van der Waals surface area contributed by atoms with Crippen LogP contribution in [-0.2, 0) is 32.1 Å². The number of anilines is 2. The fourth-order valence-electron chi connectivity index (χ4n) is 5.37. The van der Waals surface area contributed by atoms with E-state index in [1.807, 2.05) is 24.3 Å². The minimum absolute atomic E-state index is 0.834. The molecule has 0 amide bonds. The molecule has 4 N–H and O–H groups in total. The molecule has 216 valence electrons. The van der Waals surface area contributed by atoms with Gasteiger partial charge < -0.3 is 20.9 Å². The SMILES string of the molecule is CCCc1cc(Oc2ccc(Cc3ccc(Oc4cc(CCC)c(N)c(CCC)c4)cc3)cc2)cc(CCC)c1N. The molecule has 4 aromatic rings. The maximum atomic E-state index is 6.43. The lowest BCUT2D eigenvalue weighted by molar-refractivity contribution is 0.481. The van der Waals surface area contributed by atoms with Crippen LogP contribution in [0.1, 0.15) is 86.8 Å². The Hall–Kier alpha value is -3.92. The zero-order chi connectivity index (χ0) is 29.2. The third-order valence-electron chi connectivity index (χ3n) is 7.45. The van der Waals surface area contributed by atoms with E-state index < -0.39 is 0 Å². The summed E-state index contributed by atoms with van der Waals surface area (Å²) in [5, 5.41) is 0. The molecule has 0 heterocycles. The van der Waals surface area contributed by atoms with Gasteiger partial charge in [0.1, 0.15) is 23.0 Å². The van der Waals surface area contributed by atoms with Gasteiger partial charge >= 0.3 is 0 Å². The highest BCUT2D eigenvalue weighted by molar-refractivity contribution is 5.59. The van der Waals surface area contributed by atoms with Gasteiger partial charge in [-0.25, -0.2) is 0 Å². The van der Waals surface area contributed by atoms with E-state index in [4.69, 9.17) is 20.9 Å². The lowest BCUT2D eigenvalue weighted by Gasteiger charge is -2.15. The zero-order valence-corrected chi connectivity index (χ0v) is 25.3. The first-order valence-electron chi connectivity index (χ1n) is 15.3. The lowest BCUT2D eigenvalue weighted by atomic mass is 10.00. The van der Waals surface area contributed by atoms with Crippen LogP contribution in [0.3, 0.4) is 0 Å². The monoisotopic (exact) mass is 550 g/mol. The fraction of sp³-hybridized carbons (Fsp3) is 0.351. The topological polar surface area (TPSA) is 70.5 Å². The highest BCUT2D eigenvalue weighted by atomic mass is 16.5. The van der Waals surface area contributed by atoms with Gasteiger partial charge in [-0.2, -0.15) is 0 Å². The Labute approximate surface area is 246 Å². The molecule has 0 bridgehead atoms. The summed E-state index contributed by atoms with van der Waals surface area (Å²) in [6, 6.07) is 25.1. The van der Waals surface area contributed by atoms with Crippen LogP contribution >= 0.6 is 0 Å². The van der Waals surface area contributed by atoms with Gasteiger partial charge in [0.15, 0.2) is 0 Å². The van der Waals surface area contributed by atoms with Crippen LogP contribution < -0.4 is 20.9 Å². The van der Waals surface area contributed by atoms with Crippen molar-refractivity contribution in [2.45, 2.75) is 85.5 Å². The summed E-state index contributed by atoms with van der Waals surface area (Å²) in [7, 11) is 0. The van der Waals surface area contributed by atoms with E-state index in [0.29, 0.717) is 0 Å². The molecule has 0 radical (unpaired) electrons. The number of benzene rings is 4. The summed E-state index contributed by atoms with van der Waals surface area (Å²) >= 11 is 0. The van der Waals surface area contributed by atoms with Gasteiger partial charge in [0, 0.05) is 11.4 Å². The molecular formula is C37H46N2O2. The van der Waals surface area contributed by atoms with Crippen molar-refractivity contribution < 1.29 is 9.47 Å². The van der Waals surface area contributed by atoms with E-state index in [0.717, 1.165) is 92.2 Å². The number of nitrogen functional groups attached to an aromatic ring is 2. The normalized spacial score (nSPS) is 11.0. The molecule has 0 saturated carbocycles. The molecule has 0 spiro atoms. The van der Waals surface area contributed by atoms with Gasteiger partial charge in [-0.15, -0.1) is 0 Å². The Morgan fingerprint density at radius 3 is 1.00 bits per heavy atom. The van der Waals surface area contributed by atoms with Crippen LogP contribution in [0.2, 0.25) is 0 Å². The molecule has 0 saturated heterocycles. The number of hydrogen-bond donors (Lipinski definition) is 2. The van der Waals surface area contributed by atoms with Crippen LogP contribution in [0.4, 0.5) is 11.4 Å². The summed E-state index contributed by atoms with van der Waals surface area (Å²) in [5.41, 5.74) is 21.9. The average molecular weight is 551 g/mol. The van der Waals surface area contributed by atoms with E-state index >= 15 is 0 Å². The van der Waals surface area contributed by atoms with E-state index in [2.05, 4.69) is 76.2 Å². The molecule has 0 fully saturated rings. The number of hydrogen-bond acceptors (Lipinski definition) is 4. The van der Waals surface area contributed by atoms with Crippen molar-refractivity contribution >= 4 is 11.4 Å². The molecule has 0 aliphatic carbocycles. The second kappa shape index (κ2) is 14.6. The second-order valence-corrected chi connectivity index (χ2v) is 11.0. The molecule has 0 unspecified atom stereocenters. The van der Waals surface area contributed by atoms with Gasteiger partial charge in [0.2, 0.25) is 0 Å². The van der Waals surface area contributed by atoms with Crippen LogP contribution in [-0.4, -0.2) is 0 Å². The molecule has 4 heteroatoms. The van der Waals surface area contributed by atoms with Crippen LogP contribution in [0, 0.1) is 0 Å². The second-order valence-electron chi connectivity index (χ2n) is 11.0.